The molecule has 0 spiro atoms. The summed E-state index contributed by atoms with van der Waals surface area (Å²) >= 11 is 0. The van der Waals surface area contributed by atoms with Gasteiger partial charge in [0.25, 0.3) is 0 Å². The molecule has 2 N–H and O–H groups in total. The predicted molar refractivity (Wildman–Crippen MR) is 91.6 cm³/mol. The van der Waals surface area contributed by atoms with Gasteiger partial charge in [-0.3, -0.25) is 4.90 Å². The third-order valence-electron chi connectivity index (χ3n) is 3.95. The molecular weight excluding hydrogens is 314 g/mol. The Morgan fingerprint density at radius 3 is 2.52 bits per heavy atom. The molecule has 1 heterocycles. The van der Waals surface area contributed by atoms with E-state index in [4.69, 9.17) is 10.5 Å². The van der Waals surface area contributed by atoms with Crippen LogP contribution < -0.4 is 5.73 Å². The summed E-state index contributed by atoms with van der Waals surface area (Å²) in [6.45, 7) is 5.11. The van der Waals surface area contributed by atoms with E-state index in [1.807, 2.05) is 30.3 Å². The van der Waals surface area contributed by atoms with E-state index in [0.29, 0.717) is 26.1 Å². The minimum Gasteiger partial charge on any atom is -0.379 e. The molecule has 6 nitrogen and oxygen atoms in total. The van der Waals surface area contributed by atoms with Crippen LogP contribution in [0.15, 0.2) is 30.3 Å². The second-order valence-electron chi connectivity index (χ2n) is 5.73. The molecule has 0 bridgehead atoms. The number of hydrogen-bond donors (Lipinski definition) is 1. The largest absolute Gasteiger partial charge is 0.379 e. The van der Waals surface area contributed by atoms with Gasteiger partial charge in [-0.2, -0.15) is 4.31 Å². The van der Waals surface area contributed by atoms with Gasteiger partial charge < -0.3 is 10.5 Å². The lowest BCUT2D eigenvalue weighted by molar-refractivity contribution is 0.0380. The van der Waals surface area contributed by atoms with Crippen molar-refractivity contribution in [3.63, 3.8) is 0 Å². The van der Waals surface area contributed by atoms with Crippen molar-refractivity contribution < 1.29 is 13.2 Å². The van der Waals surface area contributed by atoms with Gasteiger partial charge in [0.15, 0.2) is 0 Å². The zero-order chi connectivity index (χ0) is 16.5. The van der Waals surface area contributed by atoms with Crippen molar-refractivity contribution in [2.24, 2.45) is 5.73 Å². The molecule has 0 saturated carbocycles. The quantitative estimate of drug-likeness (QED) is 0.708. The molecule has 0 aromatic heterocycles. The normalized spacial score (nSPS) is 16.8. The van der Waals surface area contributed by atoms with Crippen molar-refractivity contribution in [1.29, 1.82) is 0 Å². The average Bonchev–Trinajstić information content (AvgIpc) is 2.56. The number of sulfonamides is 1. The summed E-state index contributed by atoms with van der Waals surface area (Å²) in [6.07, 6.45) is 0.637. The van der Waals surface area contributed by atoms with E-state index in [2.05, 4.69) is 4.90 Å². The number of ether oxygens (including phenoxy) is 1. The second-order valence-corrected chi connectivity index (χ2v) is 7.82. The Morgan fingerprint density at radius 2 is 1.87 bits per heavy atom. The van der Waals surface area contributed by atoms with Gasteiger partial charge in [-0.15, -0.1) is 0 Å². The highest BCUT2D eigenvalue weighted by Crippen LogP contribution is 2.11. The summed E-state index contributed by atoms with van der Waals surface area (Å²) in [7, 11) is -3.29. The molecule has 1 aromatic rings. The first kappa shape index (κ1) is 18.4. The molecule has 2 rings (SSSR count). The summed E-state index contributed by atoms with van der Waals surface area (Å²) in [6, 6.07) is 9.63. The molecule has 0 atom stereocenters. The Hall–Kier alpha value is -0.990. The summed E-state index contributed by atoms with van der Waals surface area (Å²) in [5.41, 5.74) is 6.58. The van der Waals surface area contributed by atoms with Crippen molar-refractivity contribution in [3.8, 4) is 0 Å². The topological polar surface area (TPSA) is 75.9 Å². The zero-order valence-corrected chi connectivity index (χ0v) is 14.4. The minimum atomic E-state index is -3.29. The Kier molecular flexibility index (Phi) is 7.45. The highest BCUT2D eigenvalue weighted by Gasteiger charge is 2.22. The van der Waals surface area contributed by atoms with Crippen molar-refractivity contribution >= 4 is 10.0 Å². The molecule has 1 aliphatic heterocycles. The Morgan fingerprint density at radius 1 is 1.17 bits per heavy atom. The van der Waals surface area contributed by atoms with Gasteiger partial charge in [0.05, 0.1) is 19.0 Å². The Balaban J connectivity index is 1.87. The molecule has 1 saturated heterocycles. The molecule has 0 amide bonds. The van der Waals surface area contributed by atoms with E-state index >= 15 is 0 Å². The van der Waals surface area contributed by atoms with Crippen LogP contribution in [-0.2, 0) is 21.3 Å². The summed E-state index contributed by atoms with van der Waals surface area (Å²) < 4.78 is 32.0. The predicted octanol–water partition coefficient (Wildman–Crippen LogP) is 0.499. The van der Waals surface area contributed by atoms with Crippen LogP contribution in [0.4, 0.5) is 0 Å². The summed E-state index contributed by atoms with van der Waals surface area (Å²) in [5, 5.41) is 0. The fourth-order valence-electron chi connectivity index (χ4n) is 2.67. The highest BCUT2D eigenvalue weighted by atomic mass is 32.2. The molecule has 0 aliphatic carbocycles. The zero-order valence-electron chi connectivity index (χ0n) is 13.6. The van der Waals surface area contributed by atoms with Gasteiger partial charge in [-0.1, -0.05) is 30.3 Å². The summed E-state index contributed by atoms with van der Waals surface area (Å²) in [4.78, 5) is 2.25. The standard InChI is InChI=1S/C16H27N3O3S/c17-7-9-19(15-16-5-2-1-3-6-16)23(20,21)14-4-8-18-10-12-22-13-11-18/h1-3,5-6H,4,7-15,17H2. The maximum absolute atomic E-state index is 12.6. The van der Waals surface area contributed by atoms with Gasteiger partial charge in [0.1, 0.15) is 0 Å². The van der Waals surface area contributed by atoms with Gasteiger partial charge in [0.2, 0.25) is 10.0 Å². The minimum absolute atomic E-state index is 0.164. The molecule has 1 aliphatic rings. The van der Waals surface area contributed by atoms with Crippen molar-refractivity contribution in [2.45, 2.75) is 13.0 Å². The Labute approximate surface area is 139 Å². The molecule has 1 aromatic carbocycles. The lowest BCUT2D eigenvalue weighted by Gasteiger charge is -2.27. The summed E-state index contributed by atoms with van der Waals surface area (Å²) in [5.74, 6) is 0.164. The lowest BCUT2D eigenvalue weighted by atomic mass is 10.2. The smallest absolute Gasteiger partial charge is 0.214 e. The number of morpholine rings is 1. The van der Waals surface area contributed by atoms with E-state index in [0.717, 1.165) is 38.4 Å². The van der Waals surface area contributed by atoms with Gasteiger partial charge in [0, 0.05) is 32.7 Å². The molecule has 7 heteroatoms. The second kappa shape index (κ2) is 9.34. The monoisotopic (exact) mass is 341 g/mol. The first-order valence-corrected chi connectivity index (χ1v) is 9.74. The van der Waals surface area contributed by atoms with E-state index in [9.17, 15) is 8.42 Å². The number of hydrogen-bond acceptors (Lipinski definition) is 5. The maximum Gasteiger partial charge on any atom is 0.214 e. The van der Waals surface area contributed by atoms with Crippen LogP contribution in [-0.4, -0.2) is 69.3 Å². The highest BCUT2D eigenvalue weighted by molar-refractivity contribution is 7.89. The number of benzene rings is 1. The van der Waals surface area contributed by atoms with Crippen LogP contribution >= 0.6 is 0 Å². The fraction of sp³-hybridized carbons (Fsp3) is 0.625. The van der Waals surface area contributed by atoms with Crippen molar-refractivity contribution in [1.82, 2.24) is 9.21 Å². The van der Waals surface area contributed by atoms with Crippen molar-refractivity contribution in [2.75, 3.05) is 51.7 Å². The van der Waals surface area contributed by atoms with Gasteiger partial charge in [-0.05, 0) is 18.5 Å². The molecule has 0 radical (unpaired) electrons. The SMILES string of the molecule is NCCN(Cc1ccccc1)S(=O)(=O)CCCN1CCOCC1. The van der Waals surface area contributed by atoms with Crippen LogP contribution in [0.5, 0.6) is 0 Å². The Bertz CT molecular complexity index is 545. The molecule has 23 heavy (non-hydrogen) atoms. The van der Waals surface area contributed by atoms with Crippen LogP contribution in [0.25, 0.3) is 0 Å². The van der Waals surface area contributed by atoms with Crippen LogP contribution in [0, 0.1) is 0 Å². The van der Waals surface area contributed by atoms with Gasteiger partial charge in [-0.25, -0.2) is 8.42 Å². The third-order valence-corrected chi connectivity index (χ3v) is 5.86. The van der Waals surface area contributed by atoms with E-state index in [1.54, 1.807) is 0 Å². The van der Waals surface area contributed by atoms with Crippen LogP contribution in [0.2, 0.25) is 0 Å². The van der Waals surface area contributed by atoms with E-state index < -0.39 is 10.0 Å². The number of nitrogens with zero attached hydrogens (tertiary/aromatic N) is 2. The number of nitrogens with two attached hydrogens (primary N) is 1. The maximum atomic E-state index is 12.6. The lowest BCUT2D eigenvalue weighted by Crippen LogP contribution is -2.39. The molecule has 130 valence electrons. The average molecular weight is 341 g/mol. The molecule has 1 fully saturated rings. The fourth-order valence-corrected chi connectivity index (χ4v) is 4.15. The van der Waals surface area contributed by atoms with Crippen molar-refractivity contribution in [3.05, 3.63) is 35.9 Å². The third kappa shape index (κ3) is 6.19. The van der Waals surface area contributed by atoms with E-state index in [-0.39, 0.29) is 5.75 Å². The first-order chi connectivity index (χ1) is 11.1. The van der Waals surface area contributed by atoms with Crippen LogP contribution in [0.1, 0.15) is 12.0 Å². The first-order valence-electron chi connectivity index (χ1n) is 8.14. The van der Waals surface area contributed by atoms with E-state index in [1.165, 1.54) is 4.31 Å². The van der Waals surface area contributed by atoms with Crippen LogP contribution in [0.3, 0.4) is 0 Å². The van der Waals surface area contributed by atoms with Gasteiger partial charge >= 0.3 is 0 Å². The number of rotatable bonds is 9. The molecule has 0 unspecified atom stereocenters. The molecular formula is C16H27N3O3S.